The van der Waals surface area contributed by atoms with Crippen LogP contribution in [0.5, 0.6) is 0 Å². The Morgan fingerprint density at radius 3 is 2.67 bits per heavy atom. The molecule has 1 heterocycles. The minimum absolute atomic E-state index is 0.110. The van der Waals surface area contributed by atoms with Gasteiger partial charge >= 0.3 is 6.18 Å². The highest BCUT2D eigenvalue weighted by atomic mass is 35.5. The first kappa shape index (κ1) is 14.1. The maximum atomic E-state index is 12.4. The summed E-state index contributed by atoms with van der Waals surface area (Å²) in [4.78, 5) is 5.77. The molecule has 18 heavy (non-hydrogen) atoms. The van der Waals surface area contributed by atoms with Crippen LogP contribution in [-0.4, -0.2) is 35.2 Å². The predicted molar refractivity (Wildman–Crippen MR) is 66.0 cm³/mol. The molecular formula is C11H14ClF3N2S. The second kappa shape index (κ2) is 5.75. The highest BCUT2D eigenvalue weighted by Crippen LogP contribution is 2.30. The Labute approximate surface area is 113 Å². The summed E-state index contributed by atoms with van der Waals surface area (Å²) in [5, 5.41) is 2.71. The maximum Gasteiger partial charge on any atom is 0.401 e. The summed E-state index contributed by atoms with van der Waals surface area (Å²) in [5.41, 5.74) is 0.797. The second-order valence-corrected chi connectivity index (χ2v) is 5.64. The molecule has 0 aliphatic heterocycles. The number of rotatable bonds is 6. The molecule has 2 rings (SSSR count). The zero-order valence-corrected chi connectivity index (χ0v) is 11.3. The van der Waals surface area contributed by atoms with E-state index in [-0.39, 0.29) is 6.04 Å². The lowest BCUT2D eigenvalue weighted by Gasteiger charge is -2.22. The lowest BCUT2D eigenvalue weighted by atomic mass is 10.3. The van der Waals surface area contributed by atoms with Crippen LogP contribution in [0.4, 0.5) is 13.2 Å². The maximum absolute atomic E-state index is 12.4. The molecule has 0 saturated heterocycles. The van der Waals surface area contributed by atoms with E-state index in [9.17, 15) is 13.2 Å². The molecule has 1 saturated carbocycles. The van der Waals surface area contributed by atoms with E-state index in [4.69, 9.17) is 11.6 Å². The normalized spacial score (nSPS) is 16.5. The van der Waals surface area contributed by atoms with Gasteiger partial charge in [-0.2, -0.15) is 13.2 Å². The first-order valence-electron chi connectivity index (χ1n) is 5.78. The number of alkyl halides is 4. The first-order chi connectivity index (χ1) is 8.48. The lowest BCUT2D eigenvalue weighted by Crippen LogP contribution is -2.37. The van der Waals surface area contributed by atoms with E-state index in [0.717, 1.165) is 23.5 Å². The van der Waals surface area contributed by atoms with E-state index in [1.54, 1.807) is 0 Å². The lowest BCUT2D eigenvalue weighted by molar-refractivity contribution is -0.147. The van der Waals surface area contributed by atoms with Crippen molar-refractivity contribution >= 4 is 22.9 Å². The molecule has 0 N–H and O–H groups in total. The van der Waals surface area contributed by atoms with E-state index >= 15 is 0 Å². The van der Waals surface area contributed by atoms with Gasteiger partial charge in [-0.25, -0.2) is 4.98 Å². The molecular weight excluding hydrogens is 285 g/mol. The number of thiazole rings is 1. The summed E-state index contributed by atoms with van der Waals surface area (Å²) in [7, 11) is 0. The van der Waals surface area contributed by atoms with Crippen molar-refractivity contribution in [3.63, 3.8) is 0 Å². The number of hydrogen-bond acceptors (Lipinski definition) is 3. The summed E-state index contributed by atoms with van der Waals surface area (Å²) < 4.78 is 37.2. The van der Waals surface area contributed by atoms with Gasteiger partial charge < -0.3 is 0 Å². The van der Waals surface area contributed by atoms with Crippen molar-refractivity contribution in [3.05, 3.63) is 16.1 Å². The monoisotopic (exact) mass is 298 g/mol. The van der Waals surface area contributed by atoms with Crippen LogP contribution in [0.2, 0.25) is 0 Å². The Morgan fingerprint density at radius 1 is 1.44 bits per heavy atom. The van der Waals surface area contributed by atoms with Crippen LogP contribution >= 0.6 is 22.9 Å². The number of aromatic nitrogens is 1. The molecule has 0 radical (unpaired) electrons. The summed E-state index contributed by atoms with van der Waals surface area (Å²) in [6.45, 7) is -0.398. The van der Waals surface area contributed by atoms with E-state index in [1.165, 1.54) is 16.2 Å². The van der Waals surface area contributed by atoms with Gasteiger partial charge in [-0.05, 0) is 12.8 Å². The first-order valence-corrected chi connectivity index (χ1v) is 7.19. The Morgan fingerprint density at radius 2 is 2.17 bits per heavy atom. The number of nitrogens with zero attached hydrogens (tertiary/aromatic N) is 2. The zero-order valence-electron chi connectivity index (χ0n) is 9.71. The van der Waals surface area contributed by atoms with Crippen molar-refractivity contribution in [1.82, 2.24) is 9.88 Å². The number of hydrogen-bond donors (Lipinski definition) is 0. The third-order valence-electron chi connectivity index (χ3n) is 2.79. The van der Waals surface area contributed by atoms with Gasteiger partial charge in [0.1, 0.15) is 0 Å². The fourth-order valence-corrected chi connectivity index (χ4v) is 2.84. The van der Waals surface area contributed by atoms with Gasteiger partial charge in [-0.3, -0.25) is 4.90 Å². The van der Waals surface area contributed by atoms with Crippen molar-refractivity contribution in [2.75, 3.05) is 13.1 Å². The molecule has 0 amide bonds. The number of halogens is 4. The highest BCUT2D eigenvalue weighted by Gasteiger charge is 2.37. The van der Waals surface area contributed by atoms with Gasteiger partial charge in [0.2, 0.25) is 0 Å². The van der Waals surface area contributed by atoms with E-state index in [1.807, 2.05) is 5.38 Å². The van der Waals surface area contributed by atoms with Crippen molar-refractivity contribution in [1.29, 1.82) is 0 Å². The third kappa shape index (κ3) is 4.40. The molecule has 7 heteroatoms. The molecule has 102 valence electrons. The smallest absolute Gasteiger partial charge is 0.292 e. The average molecular weight is 299 g/mol. The van der Waals surface area contributed by atoms with Crippen molar-refractivity contribution in [2.24, 2.45) is 0 Å². The summed E-state index contributed by atoms with van der Waals surface area (Å²) in [5.74, 6) is 0.353. The van der Waals surface area contributed by atoms with Gasteiger partial charge in [-0.15, -0.1) is 22.9 Å². The molecule has 1 aliphatic rings. The van der Waals surface area contributed by atoms with Gasteiger partial charge in [0.05, 0.1) is 23.1 Å². The second-order valence-electron chi connectivity index (χ2n) is 4.43. The molecule has 0 atom stereocenters. The van der Waals surface area contributed by atoms with E-state index in [0.29, 0.717) is 18.8 Å². The predicted octanol–water partition coefficient (Wildman–Crippen LogP) is 3.45. The minimum atomic E-state index is -4.12. The van der Waals surface area contributed by atoms with Gasteiger partial charge in [0.25, 0.3) is 0 Å². The van der Waals surface area contributed by atoms with Crippen LogP contribution < -0.4 is 0 Å². The third-order valence-corrected chi connectivity index (χ3v) is 4.03. The SMILES string of the molecule is FC(F)(F)CN(CCc1nc(CCl)cs1)C1CC1. The van der Waals surface area contributed by atoms with E-state index in [2.05, 4.69) is 4.98 Å². The molecule has 2 nitrogen and oxygen atoms in total. The van der Waals surface area contributed by atoms with E-state index < -0.39 is 12.7 Å². The molecule has 0 spiro atoms. The zero-order chi connectivity index (χ0) is 13.2. The molecule has 0 unspecified atom stereocenters. The fraction of sp³-hybridized carbons (Fsp3) is 0.727. The van der Waals surface area contributed by atoms with Gasteiger partial charge in [0.15, 0.2) is 0 Å². The Kier molecular flexibility index (Phi) is 4.50. The molecule has 1 aromatic rings. The van der Waals surface area contributed by atoms with Gasteiger partial charge in [0, 0.05) is 24.4 Å². The van der Waals surface area contributed by atoms with Crippen LogP contribution in [-0.2, 0) is 12.3 Å². The Bertz CT molecular complexity index is 390. The molecule has 1 aliphatic carbocycles. The van der Waals surface area contributed by atoms with Crippen LogP contribution in [0.25, 0.3) is 0 Å². The molecule has 1 aromatic heterocycles. The summed E-state index contributed by atoms with van der Waals surface area (Å²) in [6.07, 6.45) is -1.80. The van der Waals surface area contributed by atoms with Crippen molar-refractivity contribution < 1.29 is 13.2 Å². The molecule has 0 bridgehead atoms. The van der Waals surface area contributed by atoms with Crippen LogP contribution in [0.3, 0.4) is 0 Å². The topological polar surface area (TPSA) is 16.1 Å². The minimum Gasteiger partial charge on any atom is -0.292 e. The van der Waals surface area contributed by atoms with Crippen molar-refractivity contribution in [2.45, 2.75) is 37.4 Å². The Balaban J connectivity index is 1.85. The largest absolute Gasteiger partial charge is 0.401 e. The molecule has 1 fully saturated rings. The Hall–Kier alpha value is -0.330. The quantitative estimate of drug-likeness (QED) is 0.748. The van der Waals surface area contributed by atoms with Crippen molar-refractivity contribution in [3.8, 4) is 0 Å². The van der Waals surface area contributed by atoms with Crippen LogP contribution in [0.15, 0.2) is 5.38 Å². The summed E-state index contributed by atoms with van der Waals surface area (Å²) in [6, 6.07) is 0.110. The molecule has 0 aromatic carbocycles. The highest BCUT2D eigenvalue weighted by molar-refractivity contribution is 7.09. The standard InChI is InChI=1S/C11H14ClF3N2S/c12-5-8-6-18-10(16-8)3-4-17(9-1-2-9)7-11(13,14)15/h6,9H,1-5,7H2. The van der Waals surface area contributed by atoms with Crippen LogP contribution in [0, 0.1) is 0 Å². The fourth-order valence-electron chi connectivity index (χ4n) is 1.83. The van der Waals surface area contributed by atoms with Crippen LogP contribution in [0.1, 0.15) is 23.5 Å². The average Bonchev–Trinajstić information content (AvgIpc) is 3.02. The summed E-state index contributed by atoms with van der Waals surface area (Å²) >= 11 is 7.10. The van der Waals surface area contributed by atoms with Gasteiger partial charge in [-0.1, -0.05) is 0 Å².